The average Bonchev–Trinajstić information content (AvgIpc) is 2.97. The van der Waals surface area contributed by atoms with Gasteiger partial charge in [-0.2, -0.15) is 0 Å². The molecule has 0 radical (unpaired) electrons. The summed E-state index contributed by atoms with van der Waals surface area (Å²) < 4.78 is 0. The Bertz CT molecular complexity index is 1420. The minimum atomic E-state index is -0.408. The summed E-state index contributed by atoms with van der Waals surface area (Å²) in [6.45, 7) is 4.67. The topological polar surface area (TPSA) is 0 Å². The van der Waals surface area contributed by atoms with Gasteiger partial charge in [0.2, 0.25) is 0 Å². The van der Waals surface area contributed by atoms with Gasteiger partial charge in [-0.25, -0.2) is 0 Å². The van der Waals surface area contributed by atoms with Gasteiger partial charge in [-0.3, -0.25) is 0 Å². The van der Waals surface area contributed by atoms with E-state index in [0.717, 1.165) is 0 Å². The smallest absolute Gasteiger partial charge is 0.0520 e. The van der Waals surface area contributed by atoms with Crippen molar-refractivity contribution in [2.45, 2.75) is 36.0 Å². The molecule has 5 aromatic rings. The average molecular weight is 563 g/mol. The van der Waals surface area contributed by atoms with E-state index >= 15 is 0 Å². The van der Waals surface area contributed by atoms with Gasteiger partial charge in [-0.05, 0) is 50.0 Å². The summed E-state index contributed by atoms with van der Waals surface area (Å²) in [5.41, 5.74) is 7.45. The Hall–Kier alpha value is -2.61. The molecule has 0 nitrogen and oxygen atoms in total. The molecule has 0 aliphatic carbocycles. The fraction of sp³-hybridized carbons (Fsp3) is 0.167. The molecule has 0 heterocycles. The predicted molar refractivity (Wildman–Crippen MR) is 180 cm³/mol. The SMILES string of the molecule is CC(P)C(c1ccccc1)(c1ccccc1)c1cccc(P)c1C(c1ccccc1)(c1ccccc1)C(C)P. The standard InChI is InChI=1S/C36H37P3/c1-26(37)35(28-16-7-3-8-17-28,29-18-9-4-10-19-29)32-24-15-25-33(39)34(32)36(27(2)38,30-20-11-5-12-21-30)31-22-13-6-14-23-31/h3-27H,37-39H2,1-2H3. The third-order valence-electron chi connectivity index (χ3n) is 8.20. The van der Waals surface area contributed by atoms with E-state index in [2.05, 4.69) is 181 Å². The van der Waals surface area contributed by atoms with Crippen LogP contribution in [0.5, 0.6) is 0 Å². The maximum atomic E-state index is 3.18. The third kappa shape index (κ3) is 4.72. The van der Waals surface area contributed by atoms with E-state index in [9.17, 15) is 0 Å². The number of rotatable bonds is 8. The van der Waals surface area contributed by atoms with Gasteiger partial charge in [0.25, 0.3) is 0 Å². The molecule has 5 atom stereocenters. The summed E-state index contributed by atoms with van der Waals surface area (Å²) in [6.07, 6.45) is 0. The normalized spacial score (nSPS) is 13.6. The second kappa shape index (κ2) is 11.9. The van der Waals surface area contributed by atoms with Crippen LogP contribution in [-0.4, -0.2) is 11.3 Å². The molecule has 0 spiro atoms. The molecule has 0 aliphatic rings. The summed E-state index contributed by atoms with van der Waals surface area (Å²) in [4.78, 5) is 0. The van der Waals surface area contributed by atoms with Crippen molar-refractivity contribution < 1.29 is 0 Å². The minimum absolute atomic E-state index is 0.201. The molecular formula is C36H37P3. The lowest BCUT2D eigenvalue weighted by atomic mass is 9.59. The molecule has 0 aliphatic heterocycles. The first-order valence-corrected chi connectivity index (χ1v) is 15.5. The van der Waals surface area contributed by atoms with Crippen LogP contribution in [0.2, 0.25) is 0 Å². The Morgan fingerprint density at radius 2 is 0.769 bits per heavy atom. The fourth-order valence-corrected chi connectivity index (χ4v) is 8.21. The highest BCUT2D eigenvalue weighted by Gasteiger charge is 2.48. The summed E-state index contributed by atoms with van der Waals surface area (Å²) in [5.74, 6) is 0. The summed E-state index contributed by atoms with van der Waals surface area (Å²) in [7, 11) is 9.45. The van der Waals surface area contributed by atoms with Crippen molar-refractivity contribution in [3.8, 4) is 0 Å². The molecule has 0 bridgehead atoms. The number of benzene rings is 5. The van der Waals surface area contributed by atoms with Crippen LogP contribution in [0, 0.1) is 0 Å². The Kier molecular flexibility index (Phi) is 8.50. The Morgan fingerprint density at radius 1 is 0.436 bits per heavy atom. The fourth-order valence-electron chi connectivity index (χ4n) is 6.60. The van der Waals surface area contributed by atoms with Crippen LogP contribution in [0.3, 0.4) is 0 Å². The van der Waals surface area contributed by atoms with Crippen LogP contribution in [0.1, 0.15) is 47.2 Å². The van der Waals surface area contributed by atoms with Crippen molar-refractivity contribution in [3.63, 3.8) is 0 Å². The molecule has 5 aromatic carbocycles. The summed E-state index contributed by atoms with van der Waals surface area (Å²) >= 11 is 0. The second-order valence-corrected chi connectivity index (χ2v) is 13.0. The zero-order chi connectivity index (χ0) is 27.5. The lowest BCUT2D eigenvalue weighted by molar-refractivity contribution is 0.557. The number of hydrogen-bond acceptors (Lipinski definition) is 0. The van der Waals surface area contributed by atoms with E-state index in [1.165, 1.54) is 38.7 Å². The van der Waals surface area contributed by atoms with E-state index < -0.39 is 10.8 Å². The van der Waals surface area contributed by atoms with Gasteiger partial charge in [0.05, 0.1) is 10.8 Å². The predicted octanol–water partition coefficient (Wildman–Crippen LogP) is 8.38. The van der Waals surface area contributed by atoms with Crippen molar-refractivity contribution in [1.82, 2.24) is 0 Å². The zero-order valence-corrected chi connectivity index (χ0v) is 26.1. The van der Waals surface area contributed by atoms with Gasteiger partial charge in [-0.15, -0.1) is 27.7 Å². The first-order chi connectivity index (χ1) is 18.9. The van der Waals surface area contributed by atoms with E-state index in [0.29, 0.717) is 0 Å². The van der Waals surface area contributed by atoms with Gasteiger partial charge < -0.3 is 0 Å². The van der Waals surface area contributed by atoms with Crippen molar-refractivity contribution >= 4 is 33.0 Å². The van der Waals surface area contributed by atoms with Gasteiger partial charge in [-0.1, -0.05) is 153 Å². The Labute approximate surface area is 241 Å². The molecule has 0 aromatic heterocycles. The molecule has 3 heteroatoms. The van der Waals surface area contributed by atoms with Crippen molar-refractivity contribution in [3.05, 3.63) is 173 Å². The number of hydrogen-bond donors (Lipinski definition) is 0. The molecule has 196 valence electrons. The lowest BCUT2D eigenvalue weighted by Gasteiger charge is -2.47. The highest BCUT2D eigenvalue weighted by Crippen LogP contribution is 2.53. The molecule has 0 N–H and O–H groups in total. The zero-order valence-electron chi connectivity index (χ0n) is 22.7. The molecule has 5 unspecified atom stereocenters. The Balaban J connectivity index is 2.01. The van der Waals surface area contributed by atoms with Crippen LogP contribution in [-0.2, 0) is 10.8 Å². The maximum absolute atomic E-state index is 3.18. The highest BCUT2D eigenvalue weighted by atomic mass is 31.0. The van der Waals surface area contributed by atoms with E-state index in [1.807, 2.05) is 0 Å². The molecule has 0 saturated carbocycles. The van der Waals surface area contributed by atoms with Gasteiger partial charge in [0, 0.05) is 0 Å². The summed E-state index contributed by atoms with van der Waals surface area (Å²) in [5, 5.41) is 1.22. The van der Waals surface area contributed by atoms with E-state index in [1.54, 1.807) is 0 Å². The van der Waals surface area contributed by atoms with Crippen LogP contribution in [0.15, 0.2) is 140 Å². The van der Waals surface area contributed by atoms with Crippen molar-refractivity contribution in [2.75, 3.05) is 0 Å². The Morgan fingerprint density at radius 3 is 1.10 bits per heavy atom. The van der Waals surface area contributed by atoms with Gasteiger partial charge >= 0.3 is 0 Å². The lowest BCUT2D eigenvalue weighted by Crippen LogP contribution is -2.46. The quantitative estimate of drug-likeness (QED) is 0.132. The molecule has 0 saturated heterocycles. The van der Waals surface area contributed by atoms with Crippen LogP contribution >= 0.6 is 27.7 Å². The molecule has 0 fully saturated rings. The van der Waals surface area contributed by atoms with E-state index in [4.69, 9.17) is 0 Å². The summed E-state index contributed by atoms with van der Waals surface area (Å²) in [6, 6.07) is 51.0. The van der Waals surface area contributed by atoms with E-state index in [-0.39, 0.29) is 11.3 Å². The van der Waals surface area contributed by atoms with Crippen molar-refractivity contribution in [2.24, 2.45) is 0 Å². The van der Waals surface area contributed by atoms with Gasteiger partial charge in [0.1, 0.15) is 0 Å². The highest BCUT2D eigenvalue weighted by molar-refractivity contribution is 7.27. The molecule has 0 amide bonds. The maximum Gasteiger partial charge on any atom is 0.0520 e. The largest absolute Gasteiger partial charge is 0.133 e. The minimum Gasteiger partial charge on any atom is -0.133 e. The first kappa shape index (κ1) is 27.9. The molecule has 5 rings (SSSR count). The second-order valence-electron chi connectivity index (χ2n) is 10.4. The van der Waals surface area contributed by atoms with Crippen LogP contribution < -0.4 is 5.30 Å². The monoisotopic (exact) mass is 562 g/mol. The third-order valence-corrected chi connectivity index (χ3v) is 9.68. The first-order valence-electron chi connectivity index (χ1n) is 13.6. The van der Waals surface area contributed by atoms with Gasteiger partial charge in [0.15, 0.2) is 0 Å². The van der Waals surface area contributed by atoms with Crippen LogP contribution in [0.4, 0.5) is 0 Å². The van der Waals surface area contributed by atoms with Crippen LogP contribution in [0.25, 0.3) is 0 Å². The van der Waals surface area contributed by atoms with Crippen molar-refractivity contribution in [1.29, 1.82) is 0 Å². The molecular weight excluding hydrogens is 525 g/mol. The molecule has 39 heavy (non-hydrogen) atoms.